The summed E-state index contributed by atoms with van der Waals surface area (Å²) in [5, 5.41) is 9.00. The van der Waals surface area contributed by atoms with Crippen molar-refractivity contribution in [2.75, 3.05) is 5.75 Å². The monoisotopic (exact) mass is 533 g/mol. The molecule has 7 heteroatoms. The summed E-state index contributed by atoms with van der Waals surface area (Å²) in [6, 6.07) is 22.8. The fourth-order valence-electron chi connectivity index (χ4n) is 3.74. The molecule has 0 saturated heterocycles. The molecule has 1 atom stereocenters. The van der Waals surface area contributed by atoms with Crippen molar-refractivity contribution in [3.63, 3.8) is 0 Å². The van der Waals surface area contributed by atoms with Crippen LogP contribution in [0.3, 0.4) is 0 Å². The fraction of sp³-hybridized carbons (Fsp3) is 0.323. The SMILES string of the molecule is CCCCc1ccc(C#Cc2ccc(CN(Cc3ccc(OC(C)C(=O)O)cc3)S(=O)(=O)CC)cc2)cc1. The Hall–Kier alpha value is -3.60. The molecule has 0 fully saturated rings. The Morgan fingerprint density at radius 3 is 1.76 bits per heavy atom. The van der Waals surface area contributed by atoms with Gasteiger partial charge in [0.25, 0.3) is 0 Å². The standard InChI is InChI=1S/C31H35NO5S/c1-4-6-7-25-8-10-26(11-9-25)12-13-27-14-16-28(17-15-27)22-32(38(35,36)5-2)23-29-18-20-30(21-19-29)37-24(3)31(33)34/h8-11,14-21,24H,4-7,22-23H2,1-3H3,(H,33,34). The van der Waals surface area contributed by atoms with Gasteiger partial charge in [0.1, 0.15) is 5.75 Å². The first kappa shape index (κ1) is 29.0. The third-order valence-electron chi connectivity index (χ3n) is 6.14. The molecule has 38 heavy (non-hydrogen) atoms. The van der Waals surface area contributed by atoms with E-state index in [2.05, 4.69) is 30.9 Å². The summed E-state index contributed by atoms with van der Waals surface area (Å²) in [5.74, 6) is 5.73. The second-order valence-electron chi connectivity index (χ2n) is 9.16. The Morgan fingerprint density at radius 2 is 1.32 bits per heavy atom. The van der Waals surface area contributed by atoms with Crippen LogP contribution in [0.5, 0.6) is 5.75 Å². The molecule has 3 rings (SSSR count). The van der Waals surface area contributed by atoms with Crippen molar-refractivity contribution in [2.24, 2.45) is 0 Å². The van der Waals surface area contributed by atoms with E-state index < -0.39 is 22.1 Å². The highest BCUT2D eigenvalue weighted by Gasteiger charge is 2.21. The minimum absolute atomic E-state index is 0.00882. The summed E-state index contributed by atoms with van der Waals surface area (Å²) in [7, 11) is -3.47. The fourth-order valence-corrected chi connectivity index (χ4v) is 4.80. The minimum Gasteiger partial charge on any atom is -0.479 e. The van der Waals surface area contributed by atoms with Crippen molar-refractivity contribution in [3.05, 3.63) is 101 Å². The van der Waals surface area contributed by atoms with E-state index >= 15 is 0 Å². The van der Waals surface area contributed by atoms with Crippen LogP contribution >= 0.6 is 0 Å². The molecule has 1 unspecified atom stereocenters. The number of aliphatic carboxylic acids is 1. The molecular formula is C31H35NO5S. The molecule has 0 amide bonds. The van der Waals surface area contributed by atoms with Crippen LogP contribution in [0.25, 0.3) is 0 Å². The van der Waals surface area contributed by atoms with Crippen LogP contribution in [-0.2, 0) is 34.3 Å². The molecule has 0 aliphatic carbocycles. The maximum atomic E-state index is 12.8. The maximum Gasteiger partial charge on any atom is 0.344 e. The summed E-state index contributed by atoms with van der Waals surface area (Å²) >= 11 is 0. The predicted octanol–water partition coefficient (Wildman–Crippen LogP) is 5.63. The third-order valence-corrected chi connectivity index (χ3v) is 7.91. The number of carboxylic acids is 1. The number of nitrogens with zero attached hydrogens (tertiary/aromatic N) is 1. The first-order valence-corrected chi connectivity index (χ1v) is 14.5. The van der Waals surface area contributed by atoms with Gasteiger partial charge >= 0.3 is 5.97 Å². The molecule has 0 heterocycles. The molecule has 0 spiro atoms. The Kier molecular flexibility index (Phi) is 10.5. The number of unbranched alkanes of at least 4 members (excludes halogenated alkanes) is 1. The number of sulfonamides is 1. The number of hydrogen-bond donors (Lipinski definition) is 1. The van der Waals surface area contributed by atoms with Gasteiger partial charge in [0.2, 0.25) is 10.0 Å². The average Bonchev–Trinajstić information content (AvgIpc) is 2.92. The van der Waals surface area contributed by atoms with Crippen LogP contribution in [0, 0.1) is 11.8 Å². The van der Waals surface area contributed by atoms with Gasteiger partial charge in [0.05, 0.1) is 5.75 Å². The van der Waals surface area contributed by atoms with Crippen LogP contribution in [0.1, 0.15) is 61.4 Å². The summed E-state index contributed by atoms with van der Waals surface area (Å²) in [6.45, 7) is 5.70. The van der Waals surface area contributed by atoms with Crippen molar-refractivity contribution in [1.82, 2.24) is 4.31 Å². The van der Waals surface area contributed by atoms with Gasteiger partial charge in [0, 0.05) is 24.2 Å². The average molecular weight is 534 g/mol. The van der Waals surface area contributed by atoms with E-state index in [9.17, 15) is 13.2 Å². The van der Waals surface area contributed by atoms with Crippen molar-refractivity contribution >= 4 is 16.0 Å². The Morgan fingerprint density at radius 1 is 0.842 bits per heavy atom. The highest BCUT2D eigenvalue weighted by molar-refractivity contribution is 7.89. The van der Waals surface area contributed by atoms with Crippen molar-refractivity contribution < 1.29 is 23.1 Å². The van der Waals surface area contributed by atoms with Crippen molar-refractivity contribution in [1.29, 1.82) is 0 Å². The second-order valence-corrected chi connectivity index (χ2v) is 11.4. The molecule has 0 aromatic heterocycles. The van der Waals surface area contributed by atoms with Gasteiger partial charge in [-0.05, 0) is 79.8 Å². The normalized spacial score (nSPS) is 12.0. The molecule has 3 aromatic rings. The Balaban J connectivity index is 1.67. The number of benzene rings is 3. The second kappa shape index (κ2) is 13.8. The van der Waals surface area contributed by atoms with E-state index in [0.29, 0.717) is 5.75 Å². The first-order valence-electron chi connectivity index (χ1n) is 12.9. The van der Waals surface area contributed by atoms with Gasteiger partial charge in [-0.3, -0.25) is 0 Å². The van der Waals surface area contributed by atoms with Crippen molar-refractivity contribution in [3.8, 4) is 17.6 Å². The molecular weight excluding hydrogens is 498 g/mol. The molecule has 0 aliphatic rings. The topological polar surface area (TPSA) is 83.9 Å². The highest BCUT2D eigenvalue weighted by Crippen LogP contribution is 2.19. The van der Waals surface area contributed by atoms with E-state index in [1.807, 2.05) is 36.4 Å². The lowest BCUT2D eigenvalue weighted by atomic mass is 10.1. The zero-order chi connectivity index (χ0) is 27.5. The highest BCUT2D eigenvalue weighted by atomic mass is 32.2. The number of hydrogen-bond acceptors (Lipinski definition) is 4. The van der Waals surface area contributed by atoms with E-state index in [0.717, 1.165) is 28.7 Å². The minimum atomic E-state index is -3.47. The van der Waals surface area contributed by atoms with Gasteiger partial charge in [-0.25, -0.2) is 13.2 Å². The molecule has 0 radical (unpaired) electrons. The largest absolute Gasteiger partial charge is 0.479 e. The van der Waals surface area contributed by atoms with Crippen LogP contribution in [0.2, 0.25) is 0 Å². The van der Waals surface area contributed by atoms with Gasteiger partial charge < -0.3 is 9.84 Å². The van der Waals surface area contributed by atoms with Crippen LogP contribution in [-0.4, -0.2) is 35.7 Å². The quantitative estimate of drug-likeness (QED) is 0.305. The van der Waals surface area contributed by atoms with Crippen LogP contribution < -0.4 is 4.74 Å². The molecule has 3 aromatic carbocycles. The molecule has 0 bridgehead atoms. The van der Waals surface area contributed by atoms with E-state index in [1.165, 1.54) is 29.6 Å². The third kappa shape index (κ3) is 8.76. The molecule has 0 aliphatic heterocycles. The molecule has 1 N–H and O–H groups in total. The lowest BCUT2D eigenvalue weighted by Crippen LogP contribution is -2.31. The Labute approximate surface area is 226 Å². The number of aryl methyl sites for hydroxylation is 1. The number of ether oxygens (including phenoxy) is 1. The number of carbonyl (C=O) groups is 1. The van der Waals surface area contributed by atoms with E-state index in [-0.39, 0.29) is 18.8 Å². The smallest absolute Gasteiger partial charge is 0.344 e. The summed E-state index contributed by atoms with van der Waals surface area (Å²) in [5.41, 5.74) is 4.79. The zero-order valence-corrected chi connectivity index (χ0v) is 23.0. The molecule has 200 valence electrons. The lowest BCUT2D eigenvalue weighted by molar-refractivity contribution is -0.144. The summed E-state index contributed by atoms with van der Waals surface area (Å²) in [6.07, 6.45) is 2.48. The van der Waals surface area contributed by atoms with Gasteiger partial charge in [-0.2, -0.15) is 4.31 Å². The van der Waals surface area contributed by atoms with Gasteiger partial charge in [-0.1, -0.05) is 61.6 Å². The molecule has 6 nitrogen and oxygen atoms in total. The number of carboxylic acid groups (broad SMARTS) is 1. The van der Waals surface area contributed by atoms with Crippen LogP contribution in [0.15, 0.2) is 72.8 Å². The first-order chi connectivity index (χ1) is 18.2. The van der Waals surface area contributed by atoms with Gasteiger partial charge in [0.15, 0.2) is 6.10 Å². The van der Waals surface area contributed by atoms with Crippen molar-refractivity contribution in [2.45, 2.75) is 59.2 Å². The van der Waals surface area contributed by atoms with Gasteiger partial charge in [-0.15, -0.1) is 0 Å². The van der Waals surface area contributed by atoms with Crippen LogP contribution in [0.4, 0.5) is 0 Å². The Bertz CT molecular complexity index is 1350. The predicted molar refractivity (Wildman–Crippen MR) is 150 cm³/mol. The summed E-state index contributed by atoms with van der Waals surface area (Å²) in [4.78, 5) is 11.0. The summed E-state index contributed by atoms with van der Waals surface area (Å²) < 4.78 is 32.4. The zero-order valence-electron chi connectivity index (χ0n) is 22.2. The van der Waals surface area contributed by atoms with E-state index in [4.69, 9.17) is 9.84 Å². The van der Waals surface area contributed by atoms with E-state index in [1.54, 1.807) is 31.2 Å². The molecule has 0 saturated carbocycles. The lowest BCUT2D eigenvalue weighted by Gasteiger charge is -2.22. The maximum absolute atomic E-state index is 12.8. The number of rotatable bonds is 12.